The van der Waals surface area contributed by atoms with Crippen LogP contribution in [-0.4, -0.2) is 13.2 Å². The van der Waals surface area contributed by atoms with Gasteiger partial charge in [0.15, 0.2) is 0 Å². The number of ether oxygens (including phenoxy) is 1. The molecule has 0 amide bonds. The van der Waals surface area contributed by atoms with Gasteiger partial charge < -0.3 is 10.1 Å². The van der Waals surface area contributed by atoms with Crippen LogP contribution in [0.25, 0.3) is 0 Å². The Morgan fingerprint density at radius 2 is 2.12 bits per heavy atom. The van der Waals surface area contributed by atoms with Crippen LogP contribution in [0.1, 0.15) is 33.1 Å². The van der Waals surface area contributed by atoms with Crippen molar-refractivity contribution in [3.05, 3.63) is 24.0 Å². The highest BCUT2D eigenvalue weighted by molar-refractivity contribution is 5.56. The fourth-order valence-electron chi connectivity index (χ4n) is 1.73. The second kappa shape index (κ2) is 6.36. The van der Waals surface area contributed by atoms with E-state index in [2.05, 4.69) is 19.2 Å². The maximum Gasteiger partial charge on any atom is 0.144 e. The normalized spacial score (nSPS) is 12.2. The molecular weight excluding hydrogens is 205 g/mol. The molecule has 0 bridgehead atoms. The lowest BCUT2D eigenvalue weighted by Gasteiger charge is -2.19. The van der Waals surface area contributed by atoms with Crippen LogP contribution < -0.4 is 10.1 Å². The topological polar surface area (TPSA) is 21.3 Å². The molecule has 0 radical (unpaired) electrons. The fraction of sp³-hybridized carbons (Fsp3) is 0.538. The quantitative estimate of drug-likeness (QED) is 0.794. The SMILES string of the molecule is CCCC(CC)Nc1ccc(F)cc1OC. The van der Waals surface area contributed by atoms with Gasteiger partial charge in [-0.1, -0.05) is 20.3 Å². The maximum atomic E-state index is 13.0. The Morgan fingerprint density at radius 1 is 1.38 bits per heavy atom. The molecule has 0 aliphatic rings. The molecule has 0 aromatic heterocycles. The number of rotatable bonds is 6. The van der Waals surface area contributed by atoms with Crippen LogP contribution in [0, 0.1) is 5.82 Å². The van der Waals surface area contributed by atoms with Crippen LogP contribution in [0.15, 0.2) is 18.2 Å². The van der Waals surface area contributed by atoms with E-state index in [4.69, 9.17) is 4.74 Å². The summed E-state index contributed by atoms with van der Waals surface area (Å²) in [6, 6.07) is 5.00. The Kier molecular flexibility index (Phi) is 5.09. The van der Waals surface area contributed by atoms with Gasteiger partial charge in [-0.2, -0.15) is 0 Å². The lowest BCUT2D eigenvalue weighted by Crippen LogP contribution is -2.18. The van der Waals surface area contributed by atoms with Crippen molar-refractivity contribution in [3.63, 3.8) is 0 Å². The van der Waals surface area contributed by atoms with E-state index in [0.29, 0.717) is 11.8 Å². The number of hydrogen-bond acceptors (Lipinski definition) is 2. The highest BCUT2D eigenvalue weighted by Gasteiger charge is 2.09. The van der Waals surface area contributed by atoms with Crippen LogP contribution in [0.2, 0.25) is 0 Å². The Morgan fingerprint density at radius 3 is 2.69 bits per heavy atom. The Bertz CT molecular complexity index is 328. The highest BCUT2D eigenvalue weighted by atomic mass is 19.1. The Balaban J connectivity index is 2.78. The molecule has 0 aliphatic carbocycles. The van der Waals surface area contributed by atoms with E-state index >= 15 is 0 Å². The Hall–Kier alpha value is -1.25. The van der Waals surface area contributed by atoms with Gasteiger partial charge in [-0.15, -0.1) is 0 Å². The largest absolute Gasteiger partial charge is 0.494 e. The molecule has 1 atom stereocenters. The fourth-order valence-corrected chi connectivity index (χ4v) is 1.73. The summed E-state index contributed by atoms with van der Waals surface area (Å²) in [7, 11) is 1.56. The molecule has 0 aliphatic heterocycles. The summed E-state index contributed by atoms with van der Waals surface area (Å²) in [6.07, 6.45) is 3.29. The average molecular weight is 225 g/mol. The summed E-state index contributed by atoms with van der Waals surface area (Å²) in [4.78, 5) is 0. The van der Waals surface area contributed by atoms with Gasteiger partial charge in [0.2, 0.25) is 0 Å². The van der Waals surface area contributed by atoms with E-state index in [-0.39, 0.29) is 5.82 Å². The number of anilines is 1. The van der Waals surface area contributed by atoms with E-state index in [1.54, 1.807) is 13.2 Å². The lowest BCUT2D eigenvalue weighted by atomic mass is 10.1. The summed E-state index contributed by atoms with van der Waals surface area (Å²) < 4.78 is 18.1. The number of methoxy groups -OCH3 is 1. The molecule has 0 fully saturated rings. The van der Waals surface area contributed by atoms with E-state index in [1.165, 1.54) is 12.1 Å². The molecule has 3 heteroatoms. The Labute approximate surface area is 96.8 Å². The van der Waals surface area contributed by atoms with E-state index < -0.39 is 0 Å². The smallest absolute Gasteiger partial charge is 0.144 e. The van der Waals surface area contributed by atoms with Crippen molar-refractivity contribution in [2.45, 2.75) is 39.2 Å². The molecule has 1 aromatic carbocycles. The minimum absolute atomic E-state index is 0.272. The predicted molar refractivity (Wildman–Crippen MR) is 65.6 cm³/mol. The van der Waals surface area contributed by atoms with Gasteiger partial charge in [0.1, 0.15) is 11.6 Å². The highest BCUT2D eigenvalue weighted by Crippen LogP contribution is 2.26. The molecular formula is C13H20FNO. The van der Waals surface area contributed by atoms with Gasteiger partial charge in [-0.05, 0) is 25.0 Å². The van der Waals surface area contributed by atoms with Crippen molar-refractivity contribution in [1.82, 2.24) is 0 Å². The van der Waals surface area contributed by atoms with E-state index in [0.717, 1.165) is 24.9 Å². The maximum absolute atomic E-state index is 13.0. The second-order valence-electron chi connectivity index (χ2n) is 3.88. The second-order valence-corrected chi connectivity index (χ2v) is 3.88. The van der Waals surface area contributed by atoms with Gasteiger partial charge >= 0.3 is 0 Å². The third-order valence-corrected chi connectivity index (χ3v) is 2.65. The van der Waals surface area contributed by atoms with Crippen molar-refractivity contribution < 1.29 is 9.13 Å². The molecule has 1 N–H and O–H groups in total. The summed E-state index contributed by atoms with van der Waals surface area (Å²) in [5, 5.41) is 3.38. The number of halogens is 1. The first-order valence-corrected chi connectivity index (χ1v) is 5.81. The molecule has 1 aromatic rings. The van der Waals surface area contributed by atoms with Crippen LogP contribution in [0.3, 0.4) is 0 Å². The van der Waals surface area contributed by atoms with Gasteiger partial charge in [0, 0.05) is 12.1 Å². The molecule has 0 saturated carbocycles. The van der Waals surface area contributed by atoms with Crippen LogP contribution in [-0.2, 0) is 0 Å². The van der Waals surface area contributed by atoms with Crippen molar-refractivity contribution in [2.24, 2.45) is 0 Å². The standard InChI is InChI=1S/C13H20FNO/c1-4-6-11(5-2)15-12-8-7-10(14)9-13(12)16-3/h7-9,11,15H,4-6H2,1-3H3. The molecule has 90 valence electrons. The third kappa shape index (κ3) is 3.40. The summed E-state index contributed by atoms with van der Waals surface area (Å²) in [5.41, 5.74) is 0.865. The summed E-state index contributed by atoms with van der Waals surface area (Å²) in [6.45, 7) is 4.30. The third-order valence-electron chi connectivity index (χ3n) is 2.65. The lowest BCUT2D eigenvalue weighted by molar-refractivity contribution is 0.412. The van der Waals surface area contributed by atoms with Crippen LogP contribution in [0.4, 0.5) is 10.1 Å². The van der Waals surface area contributed by atoms with Crippen LogP contribution in [0.5, 0.6) is 5.75 Å². The number of hydrogen-bond donors (Lipinski definition) is 1. The minimum atomic E-state index is -0.272. The first kappa shape index (κ1) is 12.8. The van der Waals surface area contributed by atoms with Crippen LogP contribution >= 0.6 is 0 Å². The molecule has 0 saturated heterocycles. The van der Waals surface area contributed by atoms with Gasteiger partial charge in [0.05, 0.1) is 12.8 Å². The summed E-state index contributed by atoms with van der Waals surface area (Å²) >= 11 is 0. The zero-order valence-electron chi connectivity index (χ0n) is 10.2. The van der Waals surface area contributed by atoms with Gasteiger partial charge in [-0.3, -0.25) is 0 Å². The predicted octanol–water partition coefficient (Wildman–Crippen LogP) is 3.82. The molecule has 0 spiro atoms. The first-order chi connectivity index (χ1) is 7.71. The molecule has 0 heterocycles. The van der Waals surface area contributed by atoms with E-state index in [1.807, 2.05) is 0 Å². The monoisotopic (exact) mass is 225 g/mol. The average Bonchev–Trinajstić information content (AvgIpc) is 2.30. The van der Waals surface area contributed by atoms with Gasteiger partial charge in [-0.25, -0.2) is 4.39 Å². The summed E-state index contributed by atoms with van der Waals surface area (Å²) in [5.74, 6) is 0.292. The molecule has 16 heavy (non-hydrogen) atoms. The zero-order valence-corrected chi connectivity index (χ0v) is 10.2. The number of benzene rings is 1. The van der Waals surface area contributed by atoms with Crippen molar-refractivity contribution in [2.75, 3.05) is 12.4 Å². The van der Waals surface area contributed by atoms with Gasteiger partial charge in [0.25, 0.3) is 0 Å². The van der Waals surface area contributed by atoms with E-state index in [9.17, 15) is 4.39 Å². The first-order valence-electron chi connectivity index (χ1n) is 5.81. The van der Waals surface area contributed by atoms with Crippen molar-refractivity contribution in [1.29, 1.82) is 0 Å². The minimum Gasteiger partial charge on any atom is -0.494 e. The van der Waals surface area contributed by atoms with Crippen molar-refractivity contribution >= 4 is 5.69 Å². The number of nitrogens with one attached hydrogen (secondary N) is 1. The molecule has 1 rings (SSSR count). The molecule has 2 nitrogen and oxygen atoms in total. The zero-order chi connectivity index (χ0) is 12.0. The molecule has 1 unspecified atom stereocenters. The van der Waals surface area contributed by atoms with Crippen molar-refractivity contribution in [3.8, 4) is 5.75 Å².